The van der Waals surface area contributed by atoms with Crippen LogP contribution in [0.5, 0.6) is 0 Å². The molecule has 0 unspecified atom stereocenters. The molecular weight excluding hydrogens is 272 g/mol. The van der Waals surface area contributed by atoms with Crippen molar-refractivity contribution in [1.82, 2.24) is 10.6 Å². The Morgan fingerprint density at radius 1 is 1.20 bits per heavy atom. The van der Waals surface area contributed by atoms with Crippen LogP contribution in [0.4, 0.5) is 4.79 Å². The van der Waals surface area contributed by atoms with Crippen molar-refractivity contribution in [3.63, 3.8) is 0 Å². The molecule has 2 aromatic rings. The van der Waals surface area contributed by atoms with Gasteiger partial charge in [-0.1, -0.05) is 30.3 Å². The third kappa shape index (κ3) is 4.68. The Labute approximate surface area is 122 Å². The summed E-state index contributed by atoms with van der Waals surface area (Å²) in [6.45, 7) is 0.790. The van der Waals surface area contributed by atoms with Gasteiger partial charge >= 0.3 is 6.03 Å². The molecule has 0 fully saturated rings. The van der Waals surface area contributed by atoms with E-state index in [9.17, 15) is 9.90 Å². The van der Waals surface area contributed by atoms with E-state index in [1.807, 2.05) is 47.2 Å². The second-order valence-corrected chi connectivity index (χ2v) is 5.22. The molecule has 3 N–H and O–H groups in total. The lowest BCUT2D eigenvalue weighted by Crippen LogP contribution is -2.38. The third-order valence-electron chi connectivity index (χ3n) is 2.93. The van der Waals surface area contributed by atoms with E-state index in [0.717, 1.165) is 12.0 Å². The molecule has 2 amide bonds. The van der Waals surface area contributed by atoms with Crippen LogP contribution in [0.15, 0.2) is 47.2 Å². The van der Waals surface area contributed by atoms with Gasteiger partial charge in [-0.15, -0.1) is 0 Å². The monoisotopic (exact) mass is 290 g/mol. The van der Waals surface area contributed by atoms with Gasteiger partial charge in [-0.25, -0.2) is 4.79 Å². The number of aliphatic hydroxyl groups excluding tert-OH is 1. The highest BCUT2D eigenvalue weighted by Gasteiger charge is 2.09. The molecule has 1 aromatic carbocycles. The lowest BCUT2D eigenvalue weighted by molar-refractivity contribution is 0.173. The summed E-state index contributed by atoms with van der Waals surface area (Å²) in [5, 5.41) is 19.0. The molecule has 0 aliphatic heterocycles. The maximum absolute atomic E-state index is 11.6. The molecule has 0 aliphatic carbocycles. The van der Waals surface area contributed by atoms with Crippen molar-refractivity contribution in [2.75, 3.05) is 13.1 Å². The van der Waals surface area contributed by atoms with Crippen LogP contribution in [-0.2, 0) is 6.42 Å². The van der Waals surface area contributed by atoms with Gasteiger partial charge in [-0.3, -0.25) is 0 Å². The van der Waals surface area contributed by atoms with Crippen LogP contribution >= 0.6 is 11.3 Å². The fourth-order valence-electron chi connectivity index (χ4n) is 1.80. The topological polar surface area (TPSA) is 61.4 Å². The molecule has 5 heteroatoms. The number of carbonyl (C=O) groups excluding carboxylic acids is 1. The van der Waals surface area contributed by atoms with E-state index < -0.39 is 6.10 Å². The number of urea groups is 1. The fourth-order valence-corrected chi connectivity index (χ4v) is 2.51. The number of amides is 2. The summed E-state index contributed by atoms with van der Waals surface area (Å²) in [5.74, 6) is 0. The zero-order chi connectivity index (χ0) is 14.2. The quantitative estimate of drug-likeness (QED) is 0.764. The largest absolute Gasteiger partial charge is 0.387 e. The molecule has 1 heterocycles. The molecule has 1 aromatic heterocycles. The van der Waals surface area contributed by atoms with E-state index >= 15 is 0 Å². The summed E-state index contributed by atoms with van der Waals surface area (Å²) in [4.78, 5) is 11.6. The molecule has 0 bridgehead atoms. The number of benzene rings is 1. The number of nitrogens with one attached hydrogen (secondary N) is 2. The minimum atomic E-state index is -0.652. The number of rotatable bonds is 6. The van der Waals surface area contributed by atoms with Crippen molar-refractivity contribution in [3.8, 4) is 0 Å². The first-order valence-corrected chi connectivity index (χ1v) is 7.46. The second kappa shape index (κ2) is 7.67. The number of hydrogen-bond donors (Lipinski definition) is 3. The van der Waals surface area contributed by atoms with Gasteiger partial charge in [0.2, 0.25) is 0 Å². The third-order valence-corrected chi connectivity index (χ3v) is 3.63. The van der Waals surface area contributed by atoms with E-state index in [2.05, 4.69) is 10.6 Å². The van der Waals surface area contributed by atoms with Gasteiger partial charge < -0.3 is 15.7 Å². The summed E-state index contributed by atoms with van der Waals surface area (Å²) in [5.41, 5.74) is 2.02. The highest BCUT2D eigenvalue weighted by molar-refractivity contribution is 7.07. The van der Waals surface area contributed by atoms with Crippen molar-refractivity contribution in [2.45, 2.75) is 12.5 Å². The smallest absolute Gasteiger partial charge is 0.314 e. The highest BCUT2D eigenvalue weighted by Crippen LogP contribution is 2.14. The van der Waals surface area contributed by atoms with Gasteiger partial charge in [0.05, 0.1) is 6.10 Å². The molecule has 0 spiro atoms. The van der Waals surface area contributed by atoms with Gasteiger partial charge in [-0.05, 0) is 34.4 Å². The second-order valence-electron chi connectivity index (χ2n) is 4.44. The molecule has 2 rings (SSSR count). The SMILES string of the molecule is O=C(NCCc1ccccc1)NC[C@H](O)c1ccsc1. The number of thiophene rings is 1. The standard InChI is InChI=1S/C15H18N2O2S/c18-14(13-7-9-20-11-13)10-17-15(19)16-8-6-12-4-2-1-3-5-12/h1-5,7,9,11,14,18H,6,8,10H2,(H2,16,17,19)/t14-/m0/s1. The first-order valence-electron chi connectivity index (χ1n) is 6.51. The minimum absolute atomic E-state index is 0.216. The number of hydrogen-bond acceptors (Lipinski definition) is 3. The van der Waals surface area contributed by atoms with Crippen LogP contribution in [0.3, 0.4) is 0 Å². The van der Waals surface area contributed by atoms with Gasteiger partial charge in [0.15, 0.2) is 0 Å². The Morgan fingerprint density at radius 2 is 2.00 bits per heavy atom. The molecule has 0 radical (unpaired) electrons. The lowest BCUT2D eigenvalue weighted by atomic mass is 10.1. The number of aliphatic hydroxyl groups is 1. The predicted molar refractivity (Wildman–Crippen MR) is 80.8 cm³/mol. The van der Waals surface area contributed by atoms with Crippen LogP contribution in [0.25, 0.3) is 0 Å². The maximum Gasteiger partial charge on any atom is 0.314 e. The van der Waals surface area contributed by atoms with E-state index in [0.29, 0.717) is 6.54 Å². The Morgan fingerprint density at radius 3 is 2.70 bits per heavy atom. The van der Waals surface area contributed by atoms with E-state index in [1.54, 1.807) is 0 Å². The average Bonchev–Trinajstić information content (AvgIpc) is 3.00. The predicted octanol–water partition coefficient (Wildman–Crippen LogP) is 2.32. The zero-order valence-electron chi connectivity index (χ0n) is 11.1. The summed E-state index contributed by atoms with van der Waals surface area (Å²) in [6.07, 6.45) is 0.141. The molecule has 4 nitrogen and oxygen atoms in total. The summed E-state index contributed by atoms with van der Waals surface area (Å²) in [7, 11) is 0. The van der Waals surface area contributed by atoms with Crippen LogP contribution in [0, 0.1) is 0 Å². The van der Waals surface area contributed by atoms with E-state index in [4.69, 9.17) is 0 Å². The summed E-state index contributed by atoms with van der Waals surface area (Å²) < 4.78 is 0. The summed E-state index contributed by atoms with van der Waals surface area (Å²) in [6, 6.07) is 11.6. The van der Waals surface area contributed by atoms with Gasteiger partial charge in [0.25, 0.3) is 0 Å². The van der Waals surface area contributed by atoms with Crippen LogP contribution < -0.4 is 10.6 Å². The minimum Gasteiger partial charge on any atom is -0.387 e. The molecule has 0 saturated heterocycles. The molecule has 20 heavy (non-hydrogen) atoms. The molecule has 106 valence electrons. The van der Waals surface area contributed by atoms with Gasteiger partial charge in [0, 0.05) is 13.1 Å². The molecule has 0 saturated carbocycles. The molecular formula is C15H18N2O2S. The van der Waals surface area contributed by atoms with Gasteiger partial charge in [0.1, 0.15) is 0 Å². The van der Waals surface area contributed by atoms with E-state index in [1.165, 1.54) is 16.9 Å². The lowest BCUT2D eigenvalue weighted by Gasteiger charge is -2.11. The van der Waals surface area contributed by atoms with Crippen LogP contribution in [0.2, 0.25) is 0 Å². The van der Waals surface area contributed by atoms with Crippen molar-refractivity contribution in [2.24, 2.45) is 0 Å². The average molecular weight is 290 g/mol. The van der Waals surface area contributed by atoms with Crippen LogP contribution in [-0.4, -0.2) is 24.2 Å². The van der Waals surface area contributed by atoms with Crippen molar-refractivity contribution >= 4 is 17.4 Å². The summed E-state index contributed by atoms with van der Waals surface area (Å²) >= 11 is 1.53. The Kier molecular flexibility index (Phi) is 5.58. The first kappa shape index (κ1) is 14.6. The molecule has 1 atom stereocenters. The van der Waals surface area contributed by atoms with Gasteiger partial charge in [-0.2, -0.15) is 11.3 Å². The first-order chi connectivity index (χ1) is 9.75. The Balaban J connectivity index is 1.63. The van der Waals surface area contributed by atoms with E-state index in [-0.39, 0.29) is 12.6 Å². The molecule has 0 aliphatic rings. The normalized spacial score (nSPS) is 11.8. The fraction of sp³-hybridized carbons (Fsp3) is 0.267. The number of carbonyl (C=O) groups is 1. The Hall–Kier alpha value is -1.85. The van der Waals surface area contributed by atoms with Crippen molar-refractivity contribution in [1.29, 1.82) is 0 Å². The zero-order valence-corrected chi connectivity index (χ0v) is 11.9. The Bertz CT molecular complexity index is 514. The van der Waals surface area contributed by atoms with Crippen LogP contribution in [0.1, 0.15) is 17.2 Å². The van der Waals surface area contributed by atoms with Crippen molar-refractivity contribution < 1.29 is 9.90 Å². The van der Waals surface area contributed by atoms with Crippen molar-refractivity contribution in [3.05, 3.63) is 58.3 Å². The maximum atomic E-state index is 11.6. The highest BCUT2D eigenvalue weighted by atomic mass is 32.1.